The summed E-state index contributed by atoms with van der Waals surface area (Å²) in [6.45, 7) is 0. The minimum absolute atomic E-state index is 1.12. The maximum absolute atomic E-state index is 2.39. The third kappa shape index (κ3) is 4.64. The fraction of sp³-hybridized carbons (Fsp3) is 0. The number of fused-ring (bicyclic) bond motifs is 11. The number of para-hydroxylation sites is 2. The maximum atomic E-state index is 2.39. The largest absolute Gasteiger partial charge is 0.310 e. The van der Waals surface area contributed by atoms with Gasteiger partial charge < -0.3 is 4.90 Å². The number of rotatable bonds is 3. The van der Waals surface area contributed by atoms with Gasteiger partial charge in [0.25, 0.3) is 0 Å². The molecular weight excluding hydrogens is 567 g/mol. The minimum atomic E-state index is 1.12. The van der Waals surface area contributed by atoms with Crippen LogP contribution in [-0.4, -0.2) is 0 Å². The lowest BCUT2D eigenvalue weighted by atomic mass is 9.93. The molecule has 0 aliphatic heterocycles. The summed E-state index contributed by atoms with van der Waals surface area (Å²) in [4.78, 5) is 2.35. The average molecular weight is 598 g/mol. The molecule has 9 rings (SSSR count). The van der Waals surface area contributed by atoms with E-state index in [4.69, 9.17) is 0 Å². The fourth-order valence-electron chi connectivity index (χ4n) is 7.27. The van der Waals surface area contributed by atoms with Crippen molar-refractivity contribution in [2.75, 3.05) is 4.90 Å². The second-order valence-corrected chi connectivity index (χ2v) is 12.1. The summed E-state index contributed by atoms with van der Waals surface area (Å²) in [5, 5.41) is 14.8. The van der Waals surface area contributed by atoms with Crippen LogP contribution in [0.5, 0.6) is 0 Å². The van der Waals surface area contributed by atoms with Crippen molar-refractivity contribution < 1.29 is 0 Å². The summed E-state index contributed by atoms with van der Waals surface area (Å²) in [5.74, 6) is 0. The van der Waals surface area contributed by atoms with Gasteiger partial charge in [0, 0.05) is 17.1 Å². The van der Waals surface area contributed by atoms with E-state index in [-0.39, 0.29) is 0 Å². The molecule has 0 amide bonds. The van der Waals surface area contributed by atoms with Gasteiger partial charge in [-0.05, 0) is 113 Å². The first-order valence-corrected chi connectivity index (χ1v) is 16.2. The predicted octanol–water partition coefficient (Wildman–Crippen LogP) is 13.2. The smallest absolute Gasteiger partial charge is 0.0468 e. The quantitative estimate of drug-likeness (QED) is 0.196. The predicted molar refractivity (Wildman–Crippen MR) is 204 cm³/mol. The molecule has 0 saturated heterocycles. The molecule has 0 N–H and O–H groups in total. The summed E-state index contributed by atoms with van der Waals surface area (Å²) in [6.07, 6.45) is 0. The lowest BCUT2D eigenvalue weighted by Crippen LogP contribution is -2.09. The molecule has 0 radical (unpaired) electrons. The van der Waals surface area contributed by atoms with Gasteiger partial charge in [0.1, 0.15) is 0 Å². The number of hydrogen-bond acceptors (Lipinski definition) is 1. The Balaban J connectivity index is 1.54. The highest BCUT2D eigenvalue weighted by molar-refractivity contribution is 6.27. The van der Waals surface area contributed by atoms with E-state index in [1.54, 1.807) is 0 Å². The molecule has 0 saturated carbocycles. The Morgan fingerprint density at radius 1 is 0.213 bits per heavy atom. The zero-order valence-corrected chi connectivity index (χ0v) is 25.8. The lowest BCUT2D eigenvalue weighted by Gasteiger charge is -2.26. The van der Waals surface area contributed by atoms with Crippen molar-refractivity contribution in [1.82, 2.24) is 0 Å². The van der Waals surface area contributed by atoms with E-state index < -0.39 is 0 Å². The van der Waals surface area contributed by atoms with Gasteiger partial charge in [-0.1, -0.05) is 140 Å². The Morgan fingerprint density at radius 2 is 0.532 bits per heavy atom. The third-order valence-electron chi connectivity index (χ3n) is 9.41. The van der Waals surface area contributed by atoms with Gasteiger partial charge >= 0.3 is 0 Å². The van der Waals surface area contributed by atoms with Crippen molar-refractivity contribution in [3.05, 3.63) is 188 Å². The molecule has 0 spiro atoms. The Kier molecular flexibility index (Phi) is 6.54. The van der Waals surface area contributed by atoms with Crippen LogP contribution in [-0.2, 0) is 0 Å². The van der Waals surface area contributed by atoms with Gasteiger partial charge in [-0.15, -0.1) is 0 Å². The highest BCUT2D eigenvalue weighted by atomic mass is 15.1. The monoisotopic (exact) mass is 597 g/mol. The van der Waals surface area contributed by atoms with E-state index in [1.165, 1.54) is 64.6 Å². The van der Waals surface area contributed by atoms with Crippen molar-refractivity contribution in [3.8, 4) is 0 Å². The summed E-state index contributed by atoms with van der Waals surface area (Å²) in [7, 11) is 0. The number of nitrogens with zero attached hydrogens (tertiary/aromatic N) is 1. The Hall–Kier alpha value is -6.18. The number of anilines is 3. The molecule has 0 aromatic heterocycles. The minimum Gasteiger partial charge on any atom is -0.310 e. The summed E-state index contributed by atoms with van der Waals surface area (Å²) >= 11 is 0. The number of benzene rings is 8. The summed E-state index contributed by atoms with van der Waals surface area (Å²) in [6, 6.07) is 68.5. The molecule has 47 heavy (non-hydrogen) atoms. The van der Waals surface area contributed by atoms with Crippen LogP contribution in [0.25, 0.3) is 64.6 Å². The fourth-order valence-corrected chi connectivity index (χ4v) is 7.27. The normalized spacial score (nSPS) is 11.4. The highest BCUT2D eigenvalue weighted by Crippen LogP contribution is 2.41. The molecule has 0 fully saturated rings. The second-order valence-electron chi connectivity index (χ2n) is 12.1. The van der Waals surface area contributed by atoms with E-state index in [2.05, 4.69) is 193 Å². The zero-order valence-electron chi connectivity index (χ0n) is 25.8. The topological polar surface area (TPSA) is 3.24 Å². The van der Waals surface area contributed by atoms with Crippen LogP contribution in [0.3, 0.4) is 0 Å². The standard InChI is InChI=1S/C46H31N/c1-3-17-34(18-4-1)47(35-19-5-2-6-20-35)36-27-28-43-39-23-10-9-21-37(39)38-22-11-12-24-40(38)44-29-32-15-7-8-16-33(32)30-45(44)41-25-13-14-26-42(41)46(43)31-36/h1-31H. The molecular formula is C46H31N. The first kappa shape index (κ1) is 27.2. The van der Waals surface area contributed by atoms with E-state index in [0.717, 1.165) is 17.1 Å². The zero-order chi connectivity index (χ0) is 31.2. The van der Waals surface area contributed by atoms with E-state index in [1.807, 2.05) is 0 Å². The molecule has 0 atom stereocenters. The third-order valence-corrected chi connectivity index (χ3v) is 9.41. The van der Waals surface area contributed by atoms with E-state index in [9.17, 15) is 0 Å². The molecule has 0 bridgehead atoms. The van der Waals surface area contributed by atoms with Crippen LogP contribution >= 0.6 is 0 Å². The van der Waals surface area contributed by atoms with Gasteiger partial charge in [0.05, 0.1) is 0 Å². The molecule has 1 nitrogen and oxygen atoms in total. The SMILES string of the molecule is c1ccc(N(c2ccccc2)c2ccc3c4ccccc4c4ccccc4c4cc5ccccc5cc4c4ccccc4c3c2)cc1. The Bertz CT molecular complexity index is 2640. The first-order valence-electron chi connectivity index (χ1n) is 16.2. The van der Waals surface area contributed by atoms with E-state index >= 15 is 0 Å². The molecule has 0 unspecified atom stereocenters. The molecule has 9 aromatic carbocycles. The molecule has 9 aromatic rings. The van der Waals surface area contributed by atoms with Gasteiger partial charge in [0.2, 0.25) is 0 Å². The Morgan fingerprint density at radius 3 is 0.957 bits per heavy atom. The molecule has 220 valence electrons. The van der Waals surface area contributed by atoms with Gasteiger partial charge in [-0.3, -0.25) is 0 Å². The molecule has 0 aliphatic rings. The van der Waals surface area contributed by atoms with Crippen molar-refractivity contribution >= 4 is 81.7 Å². The van der Waals surface area contributed by atoms with Gasteiger partial charge in [-0.2, -0.15) is 0 Å². The second kappa shape index (κ2) is 11.3. The first-order chi connectivity index (χ1) is 23.3. The molecule has 0 heterocycles. The van der Waals surface area contributed by atoms with Crippen LogP contribution in [0.1, 0.15) is 0 Å². The summed E-state index contributed by atoms with van der Waals surface area (Å²) in [5.41, 5.74) is 3.36. The van der Waals surface area contributed by atoms with Crippen molar-refractivity contribution in [2.45, 2.75) is 0 Å². The number of hydrogen-bond donors (Lipinski definition) is 0. The van der Waals surface area contributed by atoms with Gasteiger partial charge in [0.15, 0.2) is 0 Å². The lowest BCUT2D eigenvalue weighted by molar-refractivity contribution is 1.29. The van der Waals surface area contributed by atoms with Crippen molar-refractivity contribution in [3.63, 3.8) is 0 Å². The maximum Gasteiger partial charge on any atom is 0.0468 e. The van der Waals surface area contributed by atoms with Crippen LogP contribution in [0.15, 0.2) is 188 Å². The molecule has 1 heteroatoms. The van der Waals surface area contributed by atoms with Crippen LogP contribution < -0.4 is 4.90 Å². The average Bonchev–Trinajstić information content (AvgIpc) is 3.15. The highest BCUT2D eigenvalue weighted by Gasteiger charge is 2.15. The van der Waals surface area contributed by atoms with Crippen LogP contribution in [0.2, 0.25) is 0 Å². The van der Waals surface area contributed by atoms with E-state index in [0.29, 0.717) is 0 Å². The van der Waals surface area contributed by atoms with Crippen LogP contribution in [0.4, 0.5) is 17.1 Å². The van der Waals surface area contributed by atoms with Gasteiger partial charge in [-0.25, -0.2) is 0 Å². The Labute approximate surface area is 273 Å². The van der Waals surface area contributed by atoms with Crippen molar-refractivity contribution in [2.24, 2.45) is 0 Å². The summed E-state index contributed by atoms with van der Waals surface area (Å²) < 4.78 is 0. The molecule has 0 aliphatic carbocycles. The van der Waals surface area contributed by atoms with Crippen molar-refractivity contribution in [1.29, 1.82) is 0 Å². The van der Waals surface area contributed by atoms with Crippen LogP contribution in [0, 0.1) is 0 Å².